The molecule has 0 fully saturated rings. The van der Waals surface area contributed by atoms with Crippen LogP contribution in [0.25, 0.3) is 0 Å². The molecule has 18 heavy (non-hydrogen) atoms. The summed E-state index contributed by atoms with van der Waals surface area (Å²) in [6, 6.07) is 7.18. The Morgan fingerprint density at radius 3 is 2.11 bits per heavy atom. The number of hydrogen-bond donors (Lipinski definition) is 1. The van der Waals surface area contributed by atoms with Crippen molar-refractivity contribution >= 4 is 11.8 Å². The van der Waals surface area contributed by atoms with Gasteiger partial charge in [-0.1, -0.05) is 13.8 Å². The molecule has 1 aromatic carbocycles. The van der Waals surface area contributed by atoms with Crippen LogP contribution in [-0.2, 0) is 9.47 Å². The van der Waals surface area contributed by atoms with Crippen LogP contribution in [-0.4, -0.2) is 30.4 Å². The lowest BCUT2D eigenvalue weighted by atomic mass is 10.3. The SMILES string of the molecule is CCCOC(CSc1ccc(O)cc1)OCCC. The first-order chi connectivity index (χ1) is 8.76. The highest BCUT2D eigenvalue weighted by atomic mass is 32.2. The lowest BCUT2D eigenvalue weighted by molar-refractivity contribution is -0.126. The Morgan fingerprint density at radius 1 is 1.06 bits per heavy atom. The molecule has 0 saturated heterocycles. The van der Waals surface area contributed by atoms with Crippen LogP contribution in [0.3, 0.4) is 0 Å². The van der Waals surface area contributed by atoms with Crippen LogP contribution >= 0.6 is 11.8 Å². The van der Waals surface area contributed by atoms with Crippen LogP contribution in [0.4, 0.5) is 0 Å². The van der Waals surface area contributed by atoms with E-state index in [2.05, 4.69) is 13.8 Å². The third-order valence-corrected chi connectivity index (χ3v) is 3.28. The molecule has 1 aromatic rings. The van der Waals surface area contributed by atoms with Gasteiger partial charge in [0.05, 0.1) is 0 Å². The molecule has 0 spiro atoms. The number of phenols is 1. The summed E-state index contributed by atoms with van der Waals surface area (Å²) in [5, 5.41) is 9.21. The van der Waals surface area contributed by atoms with Gasteiger partial charge in [-0.2, -0.15) is 0 Å². The molecule has 1 rings (SSSR count). The van der Waals surface area contributed by atoms with Crippen molar-refractivity contribution in [1.82, 2.24) is 0 Å². The molecule has 3 nitrogen and oxygen atoms in total. The van der Waals surface area contributed by atoms with E-state index in [1.54, 1.807) is 23.9 Å². The average Bonchev–Trinajstić information content (AvgIpc) is 2.40. The summed E-state index contributed by atoms with van der Waals surface area (Å²) in [6.07, 6.45) is 1.84. The second-order valence-corrected chi connectivity index (χ2v) is 5.07. The molecule has 0 unspecified atom stereocenters. The lowest BCUT2D eigenvalue weighted by Gasteiger charge is -2.17. The summed E-state index contributed by atoms with van der Waals surface area (Å²) in [5.41, 5.74) is 0. The van der Waals surface area contributed by atoms with Crippen LogP contribution in [0.1, 0.15) is 26.7 Å². The van der Waals surface area contributed by atoms with Crippen molar-refractivity contribution in [3.05, 3.63) is 24.3 Å². The molecule has 0 heterocycles. The van der Waals surface area contributed by atoms with E-state index in [0.717, 1.165) is 36.7 Å². The zero-order valence-electron chi connectivity index (χ0n) is 11.1. The minimum Gasteiger partial charge on any atom is -0.508 e. The maximum atomic E-state index is 9.21. The van der Waals surface area contributed by atoms with Gasteiger partial charge in [0.2, 0.25) is 0 Å². The molecule has 0 saturated carbocycles. The quantitative estimate of drug-likeness (QED) is 0.549. The number of aromatic hydroxyl groups is 1. The number of ether oxygens (including phenoxy) is 2. The predicted octanol–water partition coefficient (Wildman–Crippen LogP) is 3.66. The summed E-state index contributed by atoms with van der Waals surface area (Å²) in [6.45, 7) is 5.63. The Balaban J connectivity index is 2.37. The van der Waals surface area contributed by atoms with Crippen molar-refractivity contribution in [1.29, 1.82) is 0 Å². The van der Waals surface area contributed by atoms with E-state index >= 15 is 0 Å². The van der Waals surface area contributed by atoms with Crippen molar-refractivity contribution in [3.8, 4) is 5.75 Å². The monoisotopic (exact) mass is 270 g/mol. The largest absolute Gasteiger partial charge is 0.508 e. The van der Waals surface area contributed by atoms with Crippen molar-refractivity contribution in [3.63, 3.8) is 0 Å². The maximum absolute atomic E-state index is 9.21. The highest BCUT2D eigenvalue weighted by Gasteiger charge is 2.09. The third kappa shape index (κ3) is 6.28. The van der Waals surface area contributed by atoms with E-state index in [1.165, 1.54) is 0 Å². The van der Waals surface area contributed by atoms with Gasteiger partial charge in [0, 0.05) is 23.9 Å². The van der Waals surface area contributed by atoms with Gasteiger partial charge in [-0.15, -0.1) is 11.8 Å². The molecule has 0 atom stereocenters. The zero-order chi connectivity index (χ0) is 13.2. The van der Waals surface area contributed by atoms with E-state index in [-0.39, 0.29) is 6.29 Å². The van der Waals surface area contributed by atoms with Crippen molar-refractivity contribution < 1.29 is 14.6 Å². The van der Waals surface area contributed by atoms with Crippen LogP contribution in [0.5, 0.6) is 5.75 Å². The Kier molecular flexibility index (Phi) is 7.89. The topological polar surface area (TPSA) is 38.7 Å². The molecule has 0 aliphatic carbocycles. The summed E-state index contributed by atoms with van der Waals surface area (Å²) < 4.78 is 11.3. The van der Waals surface area contributed by atoms with Crippen LogP contribution in [0.2, 0.25) is 0 Å². The molecule has 0 bridgehead atoms. The fourth-order valence-corrected chi connectivity index (χ4v) is 2.20. The molecule has 0 radical (unpaired) electrons. The lowest BCUT2D eigenvalue weighted by Crippen LogP contribution is -2.21. The maximum Gasteiger partial charge on any atom is 0.166 e. The Hall–Kier alpha value is -0.710. The molecule has 0 aliphatic heterocycles. The highest BCUT2D eigenvalue weighted by Crippen LogP contribution is 2.22. The highest BCUT2D eigenvalue weighted by molar-refractivity contribution is 7.99. The number of phenolic OH excluding ortho intramolecular Hbond substituents is 1. The van der Waals surface area contributed by atoms with Crippen molar-refractivity contribution in [2.24, 2.45) is 0 Å². The van der Waals surface area contributed by atoms with Crippen molar-refractivity contribution in [2.45, 2.75) is 37.9 Å². The van der Waals surface area contributed by atoms with Gasteiger partial charge in [-0.05, 0) is 37.1 Å². The van der Waals surface area contributed by atoms with E-state index in [0.29, 0.717) is 5.75 Å². The summed E-state index contributed by atoms with van der Waals surface area (Å²) >= 11 is 1.68. The first kappa shape index (κ1) is 15.3. The summed E-state index contributed by atoms with van der Waals surface area (Å²) in [5.74, 6) is 1.06. The number of benzene rings is 1. The second-order valence-electron chi connectivity index (χ2n) is 3.98. The smallest absolute Gasteiger partial charge is 0.166 e. The third-order valence-electron chi connectivity index (χ3n) is 2.24. The van der Waals surface area contributed by atoms with Crippen LogP contribution < -0.4 is 0 Å². The first-order valence-electron chi connectivity index (χ1n) is 6.41. The number of thioether (sulfide) groups is 1. The van der Waals surface area contributed by atoms with Crippen LogP contribution in [0, 0.1) is 0 Å². The van der Waals surface area contributed by atoms with Gasteiger partial charge >= 0.3 is 0 Å². The van der Waals surface area contributed by atoms with E-state index < -0.39 is 0 Å². The van der Waals surface area contributed by atoms with Gasteiger partial charge < -0.3 is 14.6 Å². The Bertz CT molecular complexity index is 305. The first-order valence-corrected chi connectivity index (χ1v) is 7.39. The van der Waals surface area contributed by atoms with Gasteiger partial charge in [0.15, 0.2) is 6.29 Å². The van der Waals surface area contributed by atoms with Gasteiger partial charge in [0.25, 0.3) is 0 Å². The summed E-state index contributed by atoms with van der Waals surface area (Å²) in [7, 11) is 0. The minimum atomic E-state index is -0.149. The molecular weight excluding hydrogens is 248 g/mol. The fraction of sp³-hybridized carbons (Fsp3) is 0.571. The molecular formula is C14H22O3S. The Morgan fingerprint density at radius 2 is 1.61 bits per heavy atom. The zero-order valence-corrected chi connectivity index (χ0v) is 11.9. The minimum absolute atomic E-state index is 0.149. The molecule has 0 amide bonds. The Labute approximate surface area is 113 Å². The normalized spacial score (nSPS) is 11.1. The van der Waals surface area contributed by atoms with E-state index in [1.807, 2.05) is 12.1 Å². The molecule has 1 N–H and O–H groups in total. The van der Waals surface area contributed by atoms with Crippen LogP contribution in [0.15, 0.2) is 29.2 Å². The standard InChI is InChI=1S/C14H22O3S/c1-3-9-16-14(17-10-4-2)11-18-13-7-5-12(15)6-8-13/h5-8,14-15H,3-4,9-11H2,1-2H3. The average molecular weight is 270 g/mol. The predicted molar refractivity (Wildman–Crippen MR) is 75.1 cm³/mol. The van der Waals surface area contributed by atoms with E-state index in [4.69, 9.17) is 9.47 Å². The number of rotatable bonds is 9. The van der Waals surface area contributed by atoms with Crippen molar-refractivity contribution in [2.75, 3.05) is 19.0 Å². The molecule has 0 aromatic heterocycles. The fourth-order valence-electron chi connectivity index (χ4n) is 1.35. The summed E-state index contributed by atoms with van der Waals surface area (Å²) in [4.78, 5) is 1.11. The molecule has 4 heteroatoms. The van der Waals surface area contributed by atoms with Gasteiger partial charge in [-0.3, -0.25) is 0 Å². The van der Waals surface area contributed by atoms with Gasteiger partial charge in [-0.25, -0.2) is 0 Å². The molecule has 0 aliphatic rings. The molecule has 102 valence electrons. The van der Waals surface area contributed by atoms with E-state index in [9.17, 15) is 5.11 Å². The van der Waals surface area contributed by atoms with Gasteiger partial charge in [0.1, 0.15) is 5.75 Å². The number of hydrogen-bond acceptors (Lipinski definition) is 4. The second kappa shape index (κ2) is 9.25.